The Balaban J connectivity index is 1.52. The van der Waals surface area contributed by atoms with Crippen molar-refractivity contribution in [2.45, 2.75) is 6.42 Å². The fraction of sp³-hybridized carbons (Fsp3) is 0.0370. The summed E-state index contributed by atoms with van der Waals surface area (Å²) < 4.78 is 1.67. The third kappa shape index (κ3) is 4.03. The molecule has 0 aliphatic heterocycles. The van der Waals surface area contributed by atoms with E-state index < -0.39 is 0 Å². The molecule has 4 aromatic heterocycles. The maximum absolute atomic E-state index is 11.1. The van der Waals surface area contributed by atoms with Crippen molar-refractivity contribution < 1.29 is 15.3 Å². The summed E-state index contributed by atoms with van der Waals surface area (Å²) in [5, 5.41) is 32.5. The highest BCUT2D eigenvalue weighted by Gasteiger charge is 2.20. The van der Waals surface area contributed by atoms with Crippen LogP contribution in [0.15, 0.2) is 84.4 Å². The molecule has 3 N–H and O–H groups in total. The number of nitrogens with zero attached hydrogens (tertiary/aromatic N) is 3. The Morgan fingerprint density at radius 3 is 2.17 bits per heavy atom. The average Bonchev–Trinajstić information content (AvgIpc) is 3.62. The van der Waals surface area contributed by atoms with Crippen molar-refractivity contribution in [2.24, 2.45) is 0 Å². The molecule has 0 saturated heterocycles. The summed E-state index contributed by atoms with van der Waals surface area (Å²) in [4.78, 5) is 13.0. The molecule has 0 spiro atoms. The number of phenols is 2. The maximum Gasteiger partial charge on any atom is 0.219 e. The van der Waals surface area contributed by atoms with Crippen LogP contribution < -0.4 is 0 Å². The van der Waals surface area contributed by atoms with E-state index in [4.69, 9.17) is 9.97 Å². The van der Waals surface area contributed by atoms with Gasteiger partial charge in [0.2, 0.25) is 5.88 Å². The van der Waals surface area contributed by atoms with E-state index >= 15 is 0 Å². The van der Waals surface area contributed by atoms with E-state index in [1.54, 1.807) is 69.7 Å². The van der Waals surface area contributed by atoms with Crippen LogP contribution in [0.25, 0.3) is 37.2 Å². The second-order valence-electron chi connectivity index (χ2n) is 8.08. The van der Waals surface area contributed by atoms with Crippen molar-refractivity contribution in [3.05, 3.63) is 95.6 Å². The molecule has 0 atom stereocenters. The standard InChI is InChI=1S/C27H19N3O3S2/c31-18-7-3-16(4-8-18)14-20-27(33)30-15-21(17-5-9-19(32)10-6-17)28-25(26(30)29-20)24-12-11-23(35-24)22-2-1-13-34-22/h1-13,15,31-33H,14H2. The van der Waals surface area contributed by atoms with Crippen molar-refractivity contribution in [3.8, 4) is 49.0 Å². The van der Waals surface area contributed by atoms with Crippen LogP contribution in [-0.4, -0.2) is 29.7 Å². The van der Waals surface area contributed by atoms with Crippen LogP contribution >= 0.6 is 22.7 Å². The molecule has 6 rings (SSSR count). The first-order valence-corrected chi connectivity index (χ1v) is 12.6. The number of fused-ring (bicyclic) bond motifs is 1. The van der Waals surface area contributed by atoms with Crippen LogP contribution in [0.4, 0.5) is 0 Å². The number of hydrogen-bond acceptors (Lipinski definition) is 7. The molecule has 0 radical (unpaired) electrons. The smallest absolute Gasteiger partial charge is 0.219 e. The SMILES string of the molecule is Oc1ccc(Cc2nc3c(-c4ccc(-c5cccs5)s4)nc(-c4ccc(O)cc4)cn3c2O)cc1. The zero-order valence-corrected chi connectivity index (χ0v) is 19.9. The van der Waals surface area contributed by atoms with Gasteiger partial charge in [0.05, 0.1) is 10.6 Å². The fourth-order valence-electron chi connectivity index (χ4n) is 3.96. The molecule has 0 amide bonds. The Hall–Kier alpha value is -4.14. The van der Waals surface area contributed by atoms with Gasteiger partial charge in [-0.15, -0.1) is 22.7 Å². The average molecular weight is 498 g/mol. The first-order chi connectivity index (χ1) is 17.0. The highest BCUT2D eigenvalue weighted by Crippen LogP contribution is 2.39. The molecular weight excluding hydrogens is 478 g/mol. The van der Waals surface area contributed by atoms with Gasteiger partial charge >= 0.3 is 0 Å². The van der Waals surface area contributed by atoms with Gasteiger partial charge in [-0.3, -0.25) is 4.40 Å². The van der Waals surface area contributed by atoms with Gasteiger partial charge in [0.25, 0.3) is 0 Å². The lowest BCUT2D eigenvalue weighted by Gasteiger charge is -2.07. The molecule has 0 fully saturated rings. The number of aromatic hydroxyl groups is 3. The quantitative estimate of drug-likeness (QED) is 0.251. The van der Waals surface area contributed by atoms with E-state index in [0.29, 0.717) is 29.1 Å². The number of phenolic OH excluding ortho intramolecular Hbond substituents is 2. The normalized spacial score (nSPS) is 11.3. The topological polar surface area (TPSA) is 90.9 Å². The second-order valence-corrected chi connectivity index (χ2v) is 10.1. The van der Waals surface area contributed by atoms with E-state index in [9.17, 15) is 15.3 Å². The van der Waals surface area contributed by atoms with Gasteiger partial charge in [-0.25, -0.2) is 9.97 Å². The third-order valence-corrected chi connectivity index (χ3v) is 7.88. The lowest BCUT2D eigenvalue weighted by atomic mass is 10.1. The second kappa shape index (κ2) is 8.57. The van der Waals surface area contributed by atoms with Crippen molar-refractivity contribution in [2.75, 3.05) is 0 Å². The van der Waals surface area contributed by atoms with Gasteiger partial charge < -0.3 is 15.3 Å². The Bertz CT molecular complexity index is 1630. The van der Waals surface area contributed by atoms with Crippen LogP contribution in [-0.2, 0) is 6.42 Å². The van der Waals surface area contributed by atoms with Crippen molar-refractivity contribution >= 4 is 28.3 Å². The summed E-state index contributed by atoms with van der Waals surface area (Å²) in [5.74, 6) is 0.416. The molecule has 0 saturated carbocycles. The predicted molar refractivity (Wildman–Crippen MR) is 139 cm³/mol. The molecule has 6 aromatic rings. The Labute approximate surface area is 208 Å². The van der Waals surface area contributed by atoms with Crippen LogP contribution in [0.1, 0.15) is 11.3 Å². The van der Waals surface area contributed by atoms with Crippen LogP contribution in [0.3, 0.4) is 0 Å². The van der Waals surface area contributed by atoms with E-state index in [1.807, 2.05) is 24.3 Å². The first kappa shape index (κ1) is 21.4. The highest BCUT2D eigenvalue weighted by atomic mass is 32.1. The summed E-state index contributed by atoms with van der Waals surface area (Å²) in [5.41, 5.74) is 4.16. The molecule has 172 valence electrons. The molecule has 6 nitrogen and oxygen atoms in total. The molecule has 0 unspecified atom stereocenters. The number of imidazole rings is 1. The summed E-state index contributed by atoms with van der Waals surface area (Å²) in [6.45, 7) is 0. The Morgan fingerprint density at radius 2 is 1.46 bits per heavy atom. The van der Waals surface area contributed by atoms with Crippen molar-refractivity contribution in [3.63, 3.8) is 0 Å². The molecule has 0 aliphatic carbocycles. The summed E-state index contributed by atoms with van der Waals surface area (Å²) in [6.07, 6.45) is 2.17. The fourth-order valence-corrected chi connectivity index (χ4v) is 5.79. The summed E-state index contributed by atoms with van der Waals surface area (Å²) in [7, 11) is 0. The number of aromatic nitrogens is 3. The lowest BCUT2D eigenvalue weighted by Crippen LogP contribution is -1.95. The predicted octanol–water partition coefficient (Wildman–Crippen LogP) is 6.56. The van der Waals surface area contributed by atoms with Gasteiger partial charge in [-0.2, -0.15) is 0 Å². The summed E-state index contributed by atoms with van der Waals surface area (Å²) >= 11 is 3.32. The minimum Gasteiger partial charge on any atom is -0.508 e. The van der Waals surface area contributed by atoms with Crippen LogP contribution in [0.2, 0.25) is 0 Å². The largest absolute Gasteiger partial charge is 0.508 e. The van der Waals surface area contributed by atoms with Gasteiger partial charge in [-0.1, -0.05) is 18.2 Å². The zero-order valence-electron chi connectivity index (χ0n) is 18.3. The number of rotatable bonds is 5. The number of benzene rings is 2. The molecular formula is C27H19N3O3S2. The molecule has 35 heavy (non-hydrogen) atoms. The third-order valence-electron chi connectivity index (χ3n) is 5.73. The maximum atomic E-state index is 11.1. The van der Waals surface area contributed by atoms with Crippen molar-refractivity contribution in [1.29, 1.82) is 0 Å². The molecule has 8 heteroatoms. The minimum atomic E-state index is 0.0480. The van der Waals surface area contributed by atoms with Gasteiger partial charge in [0.15, 0.2) is 5.65 Å². The van der Waals surface area contributed by atoms with E-state index in [0.717, 1.165) is 20.9 Å². The van der Waals surface area contributed by atoms with Crippen LogP contribution in [0.5, 0.6) is 17.4 Å². The van der Waals surface area contributed by atoms with Gasteiger partial charge in [0.1, 0.15) is 22.9 Å². The highest BCUT2D eigenvalue weighted by molar-refractivity contribution is 7.23. The summed E-state index contributed by atoms with van der Waals surface area (Å²) in [6, 6.07) is 21.9. The number of thiophene rings is 2. The molecule has 0 bridgehead atoms. The van der Waals surface area contributed by atoms with E-state index in [1.165, 1.54) is 4.88 Å². The van der Waals surface area contributed by atoms with E-state index in [2.05, 4.69) is 17.5 Å². The Morgan fingerprint density at radius 1 is 0.743 bits per heavy atom. The lowest BCUT2D eigenvalue weighted by molar-refractivity contribution is 0.442. The van der Waals surface area contributed by atoms with Gasteiger partial charge in [-0.05, 0) is 65.5 Å². The van der Waals surface area contributed by atoms with Gasteiger partial charge in [0, 0.05) is 27.9 Å². The Kier molecular flexibility index (Phi) is 5.24. The molecule has 0 aliphatic rings. The zero-order chi connectivity index (χ0) is 23.9. The molecule has 4 heterocycles. The molecule has 2 aromatic carbocycles. The monoisotopic (exact) mass is 497 g/mol. The van der Waals surface area contributed by atoms with Crippen LogP contribution in [0, 0.1) is 0 Å². The number of hydrogen-bond donors (Lipinski definition) is 3. The first-order valence-electron chi connectivity index (χ1n) is 10.9. The van der Waals surface area contributed by atoms with E-state index in [-0.39, 0.29) is 17.4 Å². The van der Waals surface area contributed by atoms with Crippen molar-refractivity contribution in [1.82, 2.24) is 14.4 Å². The minimum absolute atomic E-state index is 0.0480.